The first-order valence-corrected chi connectivity index (χ1v) is 12.0. The Bertz CT molecular complexity index is 1290. The zero-order valence-electron chi connectivity index (χ0n) is 18.8. The van der Waals surface area contributed by atoms with Crippen molar-refractivity contribution in [3.63, 3.8) is 0 Å². The zero-order valence-corrected chi connectivity index (χ0v) is 20.4. The number of thiazole rings is 1. The van der Waals surface area contributed by atoms with E-state index in [0.29, 0.717) is 28.8 Å². The number of esters is 1. The monoisotopic (exact) mass is 517 g/mol. The largest absolute Gasteiger partial charge is 0.462 e. The number of nitriles is 1. The molecular weight excluding hydrogens is 497 g/mol. The molecule has 13 heteroatoms. The molecule has 35 heavy (non-hydrogen) atoms. The van der Waals surface area contributed by atoms with E-state index in [-0.39, 0.29) is 40.7 Å². The normalized spacial score (nSPS) is 17.6. The maximum absolute atomic E-state index is 15.1. The van der Waals surface area contributed by atoms with Crippen molar-refractivity contribution in [2.24, 2.45) is 0 Å². The molecule has 182 valence electrons. The van der Waals surface area contributed by atoms with Crippen LogP contribution in [0.4, 0.5) is 9.52 Å². The van der Waals surface area contributed by atoms with Gasteiger partial charge in [-0.3, -0.25) is 14.8 Å². The molecule has 1 aliphatic heterocycles. The van der Waals surface area contributed by atoms with Gasteiger partial charge in [-0.25, -0.2) is 14.2 Å². The Balaban J connectivity index is 1.51. The van der Waals surface area contributed by atoms with E-state index < -0.39 is 24.1 Å². The minimum Gasteiger partial charge on any atom is -0.462 e. The third-order valence-electron chi connectivity index (χ3n) is 5.46. The molecule has 0 unspecified atom stereocenters. The van der Waals surface area contributed by atoms with Crippen LogP contribution in [0.5, 0.6) is 0 Å². The van der Waals surface area contributed by atoms with Crippen LogP contribution in [0.15, 0.2) is 18.6 Å². The van der Waals surface area contributed by atoms with Crippen molar-refractivity contribution in [2.75, 3.05) is 24.6 Å². The van der Waals surface area contributed by atoms with Crippen molar-refractivity contribution < 1.29 is 18.7 Å². The van der Waals surface area contributed by atoms with Gasteiger partial charge >= 0.3 is 5.97 Å². The molecule has 3 aromatic rings. The summed E-state index contributed by atoms with van der Waals surface area (Å²) in [5.74, 6) is -1.13. The fourth-order valence-electron chi connectivity index (χ4n) is 3.73. The molecule has 1 saturated heterocycles. The number of rotatable bonds is 6. The number of piperidine rings is 1. The zero-order chi connectivity index (χ0) is 25.1. The number of ether oxygens (including phenoxy) is 1. The summed E-state index contributed by atoms with van der Waals surface area (Å²) in [4.78, 5) is 42.8. The van der Waals surface area contributed by atoms with Crippen LogP contribution < -0.4 is 10.2 Å². The van der Waals surface area contributed by atoms with E-state index in [2.05, 4.69) is 25.3 Å². The fraction of sp³-hybridized carbons (Fsp3) is 0.364. The summed E-state index contributed by atoms with van der Waals surface area (Å²) in [6.07, 6.45) is 3.36. The second-order valence-corrected chi connectivity index (χ2v) is 9.10. The van der Waals surface area contributed by atoms with Crippen LogP contribution >= 0.6 is 22.9 Å². The third-order valence-corrected chi connectivity index (χ3v) is 7.03. The quantitative estimate of drug-likeness (QED) is 0.475. The molecule has 0 saturated carbocycles. The number of aryl methyl sites for hydroxylation is 1. The fourth-order valence-corrected chi connectivity index (χ4v) is 4.92. The first-order chi connectivity index (χ1) is 16.8. The maximum atomic E-state index is 15.1. The van der Waals surface area contributed by atoms with Crippen LogP contribution in [0, 0.1) is 18.3 Å². The average molecular weight is 518 g/mol. The summed E-state index contributed by atoms with van der Waals surface area (Å²) in [5, 5.41) is 12.6. The Morgan fingerprint density at radius 3 is 2.91 bits per heavy atom. The van der Waals surface area contributed by atoms with Gasteiger partial charge in [0.05, 0.1) is 30.4 Å². The number of alkyl halides is 1. The molecular formula is C22H21ClFN7O3S. The van der Waals surface area contributed by atoms with Gasteiger partial charge in [0, 0.05) is 24.6 Å². The van der Waals surface area contributed by atoms with Gasteiger partial charge in [-0.1, -0.05) is 22.9 Å². The Hall–Kier alpha value is -3.56. The molecule has 10 nitrogen and oxygen atoms in total. The lowest BCUT2D eigenvalue weighted by Gasteiger charge is -2.34. The van der Waals surface area contributed by atoms with Crippen molar-refractivity contribution in [1.29, 1.82) is 5.26 Å². The second kappa shape index (κ2) is 10.4. The summed E-state index contributed by atoms with van der Waals surface area (Å²) < 4.78 is 20.3. The van der Waals surface area contributed by atoms with Crippen LogP contribution in [0.3, 0.4) is 0 Å². The molecule has 1 amide bonds. The number of anilines is 1. The van der Waals surface area contributed by atoms with Gasteiger partial charge < -0.3 is 19.9 Å². The average Bonchev–Trinajstić information content (AvgIpc) is 3.43. The number of carbonyl (C=O) groups excluding carboxylic acids is 2. The van der Waals surface area contributed by atoms with Gasteiger partial charge in [0.25, 0.3) is 5.91 Å². The lowest BCUT2D eigenvalue weighted by molar-refractivity contribution is 0.0532. The number of aromatic amines is 1. The Morgan fingerprint density at radius 2 is 2.26 bits per heavy atom. The molecule has 2 atom stereocenters. The van der Waals surface area contributed by atoms with Crippen molar-refractivity contribution in [3.8, 4) is 17.5 Å². The molecule has 1 aliphatic rings. The van der Waals surface area contributed by atoms with Gasteiger partial charge in [-0.05, 0) is 20.3 Å². The molecule has 1 fully saturated rings. The molecule has 0 radical (unpaired) electrons. The summed E-state index contributed by atoms with van der Waals surface area (Å²) in [6, 6.07) is 1.13. The Labute approximate surface area is 209 Å². The van der Waals surface area contributed by atoms with Crippen LogP contribution in [-0.4, -0.2) is 63.7 Å². The van der Waals surface area contributed by atoms with E-state index in [1.54, 1.807) is 18.7 Å². The smallest absolute Gasteiger partial charge is 0.350 e. The predicted molar refractivity (Wildman–Crippen MR) is 127 cm³/mol. The molecule has 4 rings (SSSR count). The molecule has 0 aromatic carbocycles. The van der Waals surface area contributed by atoms with Crippen molar-refractivity contribution in [3.05, 3.63) is 45.4 Å². The van der Waals surface area contributed by atoms with Crippen molar-refractivity contribution >= 4 is 39.9 Å². The number of hydrogen-bond donors (Lipinski definition) is 2. The maximum Gasteiger partial charge on any atom is 0.350 e. The number of H-pyrrole nitrogens is 1. The Kier molecular flexibility index (Phi) is 7.28. The van der Waals surface area contributed by atoms with Crippen molar-refractivity contribution in [1.82, 2.24) is 25.3 Å². The second-order valence-electron chi connectivity index (χ2n) is 7.74. The third kappa shape index (κ3) is 4.96. The van der Waals surface area contributed by atoms with E-state index in [4.69, 9.17) is 16.3 Å². The van der Waals surface area contributed by atoms with Crippen LogP contribution in [0.2, 0.25) is 5.02 Å². The highest BCUT2D eigenvalue weighted by atomic mass is 35.5. The van der Waals surface area contributed by atoms with Crippen LogP contribution in [0.1, 0.15) is 44.8 Å². The van der Waals surface area contributed by atoms with Gasteiger partial charge in [-0.2, -0.15) is 5.26 Å². The van der Waals surface area contributed by atoms with Crippen molar-refractivity contribution in [2.45, 2.75) is 32.5 Å². The number of carbonyl (C=O) groups is 2. The molecule has 2 N–H and O–H groups in total. The summed E-state index contributed by atoms with van der Waals surface area (Å²) in [6.45, 7) is 3.89. The lowest BCUT2D eigenvalue weighted by atomic mass is 10.0. The van der Waals surface area contributed by atoms with Crippen LogP contribution in [-0.2, 0) is 4.74 Å². The van der Waals surface area contributed by atoms with Gasteiger partial charge in [0.15, 0.2) is 5.13 Å². The number of nitrogens with zero attached hydrogens (tertiary/aromatic N) is 5. The first-order valence-electron chi connectivity index (χ1n) is 10.8. The number of halogens is 2. The van der Waals surface area contributed by atoms with Gasteiger partial charge in [-0.15, -0.1) is 0 Å². The highest BCUT2D eigenvalue weighted by Gasteiger charge is 2.34. The van der Waals surface area contributed by atoms with Gasteiger partial charge in [0.1, 0.15) is 39.8 Å². The Morgan fingerprint density at radius 1 is 1.46 bits per heavy atom. The summed E-state index contributed by atoms with van der Waals surface area (Å²) >= 11 is 7.15. The number of aromatic nitrogens is 4. The molecule has 0 bridgehead atoms. The van der Waals surface area contributed by atoms with Crippen LogP contribution in [0.25, 0.3) is 11.4 Å². The van der Waals surface area contributed by atoms with E-state index in [0.717, 1.165) is 11.3 Å². The highest BCUT2D eigenvalue weighted by molar-refractivity contribution is 7.17. The van der Waals surface area contributed by atoms with E-state index in [1.165, 1.54) is 18.6 Å². The highest BCUT2D eigenvalue weighted by Crippen LogP contribution is 2.34. The molecule has 0 aliphatic carbocycles. The minimum absolute atomic E-state index is 0.0113. The number of hydrogen-bond acceptors (Lipinski definition) is 9. The molecule has 3 aromatic heterocycles. The lowest BCUT2D eigenvalue weighted by Crippen LogP contribution is -2.52. The number of amides is 1. The molecule has 0 spiro atoms. The summed E-state index contributed by atoms with van der Waals surface area (Å²) in [5.41, 5.74) is 1.26. The first kappa shape index (κ1) is 24.6. The standard InChI is InChI=1S/C22H21ClFN7O3S/c1-3-34-21(33)19-18(15-9-26-5-6-27-15)30-22(35-19)31-7-4-14(13(24)10-31)29-20(32)17-12(8-25)16(23)11(2)28-17/h5-6,9,13-14,28H,3-4,7,10H2,1-2H3,(H,29,32)/t13-,14+/m0/s1. The van der Waals surface area contributed by atoms with E-state index in [9.17, 15) is 14.9 Å². The predicted octanol–water partition coefficient (Wildman–Crippen LogP) is 3.29. The SMILES string of the molecule is CCOC(=O)c1sc(N2CC[C@@H](NC(=O)c3[nH]c(C)c(Cl)c3C#N)[C@@H](F)C2)nc1-c1cnccn1. The summed E-state index contributed by atoms with van der Waals surface area (Å²) in [7, 11) is 0. The molecule has 4 heterocycles. The minimum atomic E-state index is -1.42. The topological polar surface area (TPSA) is 137 Å². The van der Waals surface area contributed by atoms with Gasteiger partial charge in [0.2, 0.25) is 0 Å². The van der Waals surface area contributed by atoms with E-state index >= 15 is 4.39 Å². The number of nitrogens with one attached hydrogen (secondary N) is 2. The van der Waals surface area contributed by atoms with E-state index in [1.807, 2.05) is 6.07 Å².